The summed E-state index contributed by atoms with van der Waals surface area (Å²) in [6.07, 6.45) is 0. The molecule has 1 aromatic carbocycles. The van der Waals surface area contributed by atoms with Crippen LogP contribution in [0.5, 0.6) is 0 Å². The van der Waals surface area contributed by atoms with Crippen molar-refractivity contribution in [3.8, 4) is 11.3 Å². The molecule has 1 saturated heterocycles. The number of rotatable bonds is 6. The lowest BCUT2D eigenvalue weighted by Crippen LogP contribution is -2.45. The van der Waals surface area contributed by atoms with Crippen LogP contribution in [0, 0.1) is 0 Å². The summed E-state index contributed by atoms with van der Waals surface area (Å²) in [5.41, 5.74) is 1.13. The van der Waals surface area contributed by atoms with E-state index in [9.17, 15) is 0 Å². The largest absolute Gasteiger partial charge is 0.460 e. The summed E-state index contributed by atoms with van der Waals surface area (Å²) in [5, 5.41) is 6.83. The van der Waals surface area contributed by atoms with Crippen molar-refractivity contribution in [3.63, 3.8) is 0 Å². The Bertz CT molecular complexity index is 532. The van der Waals surface area contributed by atoms with Crippen LogP contribution in [-0.2, 0) is 6.54 Å². The van der Waals surface area contributed by atoms with Gasteiger partial charge in [-0.25, -0.2) is 0 Å². The van der Waals surface area contributed by atoms with Gasteiger partial charge in [0.05, 0.1) is 6.54 Å². The minimum Gasteiger partial charge on any atom is -0.460 e. The molecule has 0 unspecified atom stereocenters. The smallest absolute Gasteiger partial charge is 0.134 e. The Balaban J connectivity index is 1.42. The molecule has 0 spiro atoms. The zero-order valence-electron chi connectivity index (χ0n) is 12.3. The number of furan rings is 1. The van der Waals surface area contributed by atoms with Gasteiger partial charge in [0.1, 0.15) is 11.5 Å². The molecule has 112 valence electrons. The predicted molar refractivity (Wildman–Crippen MR) is 85.2 cm³/mol. The van der Waals surface area contributed by atoms with Gasteiger partial charge in [0.15, 0.2) is 0 Å². The summed E-state index contributed by atoms with van der Waals surface area (Å²) < 4.78 is 5.88. The lowest BCUT2D eigenvalue weighted by molar-refractivity contribution is 0.240. The van der Waals surface area contributed by atoms with Gasteiger partial charge in [-0.3, -0.25) is 4.90 Å². The van der Waals surface area contributed by atoms with Crippen LogP contribution in [0.25, 0.3) is 11.3 Å². The van der Waals surface area contributed by atoms with Gasteiger partial charge in [0, 0.05) is 44.8 Å². The SMILES string of the molecule is c1ccc(-c2ccc(CNCCN3CCNCC3)o2)cc1. The van der Waals surface area contributed by atoms with E-state index in [0.717, 1.165) is 62.9 Å². The fourth-order valence-electron chi connectivity index (χ4n) is 2.61. The van der Waals surface area contributed by atoms with Gasteiger partial charge in [-0.2, -0.15) is 0 Å². The molecular formula is C17H23N3O. The number of piperazine rings is 1. The molecule has 2 heterocycles. The van der Waals surface area contributed by atoms with Crippen LogP contribution in [-0.4, -0.2) is 44.2 Å². The van der Waals surface area contributed by atoms with Crippen molar-refractivity contribution >= 4 is 0 Å². The van der Waals surface area contributed by atoms with Crippen molar-refractivity contribution in [1.29, 1.82) is 0 Å². The monoisotopic (exact) mass is 285 g/mol. The Morgan fingerprint density at radius 3 is 2.67 bits per heavy atom. The molecule has 0 bridgehead atoms. The number of nitrogens with zero attached hydrogens (tertiary/aromatic N) is 1. The third-order valence-corrected chi connectivity index (χ3v) is 3.83. The first kappa shape index (κ1) is 14.3. The van der Waals surface area contributed by atoms with Crippen molar-refractivity contribution < 1.29 is 4.42 Å². The maximum atomic E-state index is 5.88. The predicted octanol–water partition coefficient (Wildman–Crippen LogP) is 1.94. The summed E-state index contributed by atoms with van der Waals surface area (Å²) in [6.45, 7) is 7.42. The standard InChI is InChI=1S/C17H23N3O/c1-2-4-15(5-3-1)17-7-6-16(21-17)14-19-10-13-20-11-8-18-9-12-20/h1-7,18-19H,8-14H2. The molecule has 1 aliphatic rings. The van der Waals surface area contributed by atoms with E-state index in [4.69, 9.17) is 4.42 Å². The highest BCUT2D eigenvalue weighted by molar-refractivity contribution is 5.57. The van der Waals surface area contributed by atoms with Crippen LogP contribution in [0.15, 0.2) is 46.9 Å². The Kier molecular flexibility index (Phi) is 5.05. The van der Waals surface area contributed by atoms with Crippen LogP contribution in [0.1, 0.15) is 5.76 Å². The lowest BCUT2D eigenvalue weighted by atomic mass is 10.2. The second-order valence-corrected chi connectivity index (χ2v) is 5.40. The van der Waals surface area contributed by atoms with E-state index in [1.807, 2.05) is 24.3 Å². The summed E-state index contributed by atoms with van der Waals surface area (Å²) in [6, 6.07) is 14.3. The molecule has 4 heteroatoms. The first-order chi connectivity index (χ1) is 10.4. The van der Waals surface area contributed by atoms with Crippen LogP contribution in [0.2, 0.25) is 0 Å². The Hall–Kier alpha value is -1.62. The third kappa shape index (κ3) is 4.17. The average molecular weight is 285 g/mol. The molecule has 4 nitrogen and oxygen atoms in total. The highest BCUT2D eigenvalue weighted by atomic mass is 16.3. The van der Waals surface area contributed by atoms with Gasteiger partial charge in [0.2, 0.25) is 0 Å². The van der Waals surface area contributed by atoms with Crippen molar-refractivity contribution in [2.75, 3.05) is 39.3 Å². The number of hydrogen-bond acceptors (Lipinski definition) is 4. The van der Waals surface area contributed by atoms with Crippen molar-refractivity contribution in [2.45, 2.75) is 6.54 Å². The quantitative estimate of drug-likeness (QED) is 0.796. The Labute approximate surface area is 126 Å². The first-order valence-corrected chi connectivity index (χ1v) is 7.70. The Morgan fingerprint density at radius 1 is 1.05 bits per heavy atom. The van der Waals surface area contributed by atoms with E-state index < -0.39 is 0 Å². The maximum Gasteiger partial charge on any atom is 0.134 e. The first-order valence-electron chi connectivity index (χ1n) is 7.70. The van der Waals surface area contributed by atoms with E-state index in [1.54, 1.807) is 0 Å². The molecule has 0 atom stereocenters. The van der Waals surface area contributed by atoms with Gasteiger partial charge >= 0.3 is 0 Å². The minimum absolute atomic E-state index is 0.791. The molecule has 1 fully saturated rings. The van der Waals surface area contributed by atoms with Crippen LogP contribution >= 0.6 is 0 Å². The second-order valence-electron chi connectivity index (χ2n) is 5.40. The molecule has 3 rings (SSSR count). The third-order valence-electron chi connectivity index (χ3n) is 3.83. The summed E-state index contributed by atoms with van der Waals surface area (Å²) in [7, 11) is 0. The van der Waals surface area contributed by atoms with E-state index in [0.29, 0.717) is 0 Å². The van der Waals surface area contributed by atoms with Crippen LogP contribution in [0.4, 0.5) is 0 Å². The topological polar surface area (TPSA) is 40.4 Å². The van der Waals surface area contributed by atoms with Crippen LogP contribution in [0.3, 0.4) is 0 Å². The van der Waals surface area contributed by atoms with Crippen molar-refractivity contribution in [2.24, 2.45) is 0 Å². The van der Waals surface area contributed by atoms with Gasteiger partial charge in [-0.05, 0) is 12.1 Å². The Morgan fingerprint density at radius 2 is 1.86 bits per heavy atom. The zero-order chi connectivity index (χ0) is 14.3. The van der Waals surface area contributed by atoms with E-state index >= 15 is 0 Å². The minimum atomic E-state index is 0.791. The fourth-order valence-corrected chi connectivity index (χ4v) is 2.61. The van der Waals surface area contributed by atoms with Gasteiger partial charge in [-0.1, -0.05) is 30.3 Å². The van der Waals surface area contributed by atoms with Crippen LogP contribution < -0.4 is 10.6 Å². The summed E-state index contributed by atoms with van der Waals surface area (Å²) >= 11 is 0. The molecule has 0 amide bonds. The summed E-state index contributed by atoms with van der Waals surface area (Å²) in [4.78, 5) is 2.49. The normalized spacial score (nSPS) is 16.2. The highest BCUT2D eigenvalue weighted by Crippen LogP contribution is 2.21. The molecular weight excluding hydrogens is 262 g/mol. The number of hydrogen-bond donors (Lipinski definition) is 2. The molecule has 0 radical (unpaired) electrons. The number of benzene rings is 1. The van der Waals surface area contributed by atoms with E-state index in [2.05, 4.69) is 33.7 Å². The van der Waals surface area contributed by atoms with Crippen molar-refractivity contribution in [1.82, 2.24) is 15.5 Å². The van der Waals surface area contributed by atoms with Gasteiger partial charge in [-0.15, -0.1) is 0 Å². The highest BCUT2D eigenvalue weighted by Gasteiger charge is 2.08. The van der Waals surface area contributed by atoms with E-state index in [1.165, 1.54) is 0 Å². The fraction of sp³-hybridized carbons (Fsp3) is 0.412. The zero-order valence-corrected chi connectivity index (χ0v) is 12.3. The molecule has 0 saturated carbocycles. The van der Waals surface area contributed by atoms with Gasteiger partial charge < -0.3 is 15.1 Å². The molecule has 1 aromatic heterocycles. The number of nitrogens with one attached hydrogen (secondary N) is 2. The molecule has 1 aliphatic heterocycles. The average Bonchev–Trinajstić information content (AvgIpc) is 3.02. The van der Waals surface area contributed by atoms with E-state index in [-0.39, 0.29) is 0 Å². The molecule has 0 aliphatic carbocycles. The van der Waals surface area contributed by atoms with Crippen molar-refractivity contribution in [3.05, 3.63) is 48.2 Å². The molecule has 2 N–H and O–H groups in total. The second kappa shape index (κ2) is 7.41. The lowest BCUT2D eigenvalue weighted by Gasteiger charge is -2.27. The maximum absolute atomic E-state index is 5.88. The molecule has 2 aromatic rings. The molecule has 21 heavy (non-hydrogen) atoms. The van der Waals surface area contributed by atoms with Gasteiger partial charge in [0.25, 0.3) is 0 Å². The summed E-state index contributed by atoms with van der Waals surface area (Å²) in [5.74, 6) is 1.93.